The highest BCUT2D eigenvalue weighted by atomic mass is 16.5. The maximum absolute atomic E-state index is 12.9. The van der Waals surface area contributed by atoms with Gasteiger partial charge in [0.25, 0.3) is 5.91 Å². The molecule has 0 aliphatic carbocycles. The molecule has 3 N–H and O–H groups in total. The van der Waals surface area contributed by atoms with Crippen LogP contribution in [0.15, 0.2) is 30.3 Å². The fourth-order valence-corrected chi connectivity index (χ4v) is 5.33. The van der Waals surface area contributed by atoms with Crippen LogP contribution < -0.4 is 15.4 Å². The van der Waals surface area contributed by atoms with Gasteiger partial charge >= 0.3 is 0 Å². The first-order chi connectivity index (χ1) is 19.9. The van der Waals surface area contributed by atoms with Crippen molar-refractivity contribution in [2.75, 3.05) is 59.4 Å². The number of carbonyl (C=O) groups excluding carboxylic acids is 3. The van der Waals surface area contributed by atoms with E-state index in [1.54, 1.807) is 31.3 Å². The van der Waals surface area contributed by atoms with Gasteiger partial charge in [0, 0.05) is 57.5 Å². The molecule has 0 unspecified atom stereocenters. The SMILES string of the molecule is CNc1ccc(OC)cc1CCN(C=O)C1CCN(C(=O)CNC(=O)c2cc(C)c3nc(CCOC)[nH]c3c2)CC1. The van der Waals surface area contributed by atoms with E-state index in [1.165, 1.54) is 0 Å². The zero-order valence-electron chi connectivity index (χ0n) is 24.3. The Balaban J connectivity index is 1.27. The van der Waals surface area contributed by atoms with Crippen LogP contribution in [0.2, 0.25) is 0 Å². The molecule has 220 valence electrons. The van der Waals surface area contributed by atoms with Crippen LogP contribution in [0.4, 0.5) is 5.69 Å². The first kappa shape index (κ1) is 29.9. The Morgan fingerprint density at radius 3 is 2.63 bits per heavy atom. The Kier molecular flexibility index (Phi) is 10.2. The number of imidazole rings is 1. The van der Waals surface area contributed by atoms with E-state index in [0.717, 1.165) is 45.8 Å². The molecule has 1 aromatic heterocycles. The third-order valence-corrected chi connectivity index (χ3v) is 7.67. The summed E-state index contributed by atoms with van der Waals surface area (Å²) in [5, 5.41) is 5.96. The van der Waals surface area contributed by atoms with Crippen molar-refractivity contribution in [2.24, 2.45) is 0 Å². The second kappa shape index (κ2) is 14.0. The molecule has 1 aliphatic heterocycles. The van der Waals surface area contributed by atoms with E-state index in [4.69, 9.17) is 9.47 Å². The van der Waals surface area contributed by atoms with Gasteiger partial charge in [0.05, 0.1) is 31.3 Å². The van der Waals surface area contributed by atoms with Crippen LogP contribution in [0.5, 0.6) is 5.75 Å². The number of piperidine rings is 1. The Bertz CT molecular complexity index is 1360. The van der Waals surface area contributed by atoms with E-state index in [1.807, 2.05) is 37.1 Å². The monoisotopic (exact) mass is 564 g/mol. The molecule has 0 saturated carbocycles. The van der Waals surface area contributed by atoms with E-state index in [0.29, 0.717) is 57.5 Å². The molecule has 0 spiro atoms. The lowest BCUT2D eigenvalue weighted by Gasteiger charge is -2.37. The number of nitrogens with one attached hydrogen (secondary N) is 3. The van der Waals surface area contributed by atoms with Crippen LogP contribution in [-0.4, -0.2) is 98.1 Å². The number of methoxy groups -OCH3 is 2. The number of anilines is 1. The number of H-pyrrole nitrogens is 1. The van der Waals surface area contributed by atoms with E-state index < -0.39 is 0 Å². The van der Waals surface area contributed by atoms with Crippen LogP contribution >= 0.6 is 0 Å². The largest absolute Gasteiger partial charge is 0.497 e. The highest BCUT2D eigenvalue weighted by Gasteiger charge is 2.26. The Labute approximate surface area is 240 Å². The van der Waals surface area contributed by atoms with Gasteiger partial charge in [-0.25, -0.2) is 4.98 Å². The van der Waals surface area contributed by atoms with Crippen molar-refractivity contribution < 1.29 is 23.9 Å². The first-order valence-corrected chi connectivity index (χ1v) is 14.0. The molecule has 3 amide bonds. The van der Waals surface area contributed by atoms with Crippen molar-refractivity contribution in [2.45, 2.75) is 38.6 Å². The summed E-state index contributed by atoms with van der Waals surface area (Å²) in [5.74, 6) is 1.14. The molecule has 1 fully saturated rings. The van der Waals surface area contributed by atoms with Crippen LogP contribution in [0, 0.1) is 6.92 Å². The average Bonchev–Trinajstić information content (AvgIpc) is 3.42. The van der Waals surface area contributed by atoms with Gasteiger partial charge in [0.1, 0.15) is 11.6 Å². The molecule has 4 rings (SSSR count). The third-order valence-electron chi connectivity index (χ3n) is 7.67. The number of benzene rings is 2. The summed E-state index contributed by atoms with van der Waals surface area (Å²) >= 11 is 0. The minimum absolute atomic E-state index is 0.0627. The number of amides is 3. The maximum Gasteiger partial charge on any atom is 0.251 e. The molecule has 1 aliphatic rings. The van der Waals surface area contributed by atoms with E-state index in [-0.39, 0.29) is 24.4 Å². The third kappa shape index (κ3) is 7.35. The second-order valence-corrected chi connectivity index (χ2v) is 10.3. The van der Waals surface area contributed by atoms with Crippen molar-refractivity contribution in [1.29, 1.82) is 0 Å². The van der Waals surface area contributed by atoms with Crippen molar-refractivity contribution >= 4 is 34.9 Å². The molecule has 0 radical (unpaired) electrons. The number of ether oxygens (including phenoxy) is 2. The molecule has 11 heteroatoms. The minimum atomic E-state index is -0.308. The smallest absolute Gasteiger partial charge is 0.251 e. The number of aryl methyl sites for hydroxylation is 1. The zero-order valence-corrected chi connectivity index (χ0v) is 24.3. The number of carbonyl (C=O) groups is 3. The van der Waals surface area contributed by atoms with Gasteiger partial charge in [-0.05, 0) is 67.6 Å². The van der Waals surface area contributed by atoms with Crippen molar-refractivity contribution in [3.05, 3.63) is 52.8 Å². The number of hydrogen-bond acceptors (Lipinski definition) is 7. The van der Waals surface area contributed by atoms with Gasteiger partial charge in [-0.15, -0.1) is 0 Å². The van der Waals surface area contributed by atoms with E-state index in [9.17, 15) is 14.4 Å². The highest BCUT2D eigenvalue weighted by Crippen LogP contribution is 2.24. The second-order valence-electron chi connectivity index (χ2n) is 10.3. The standard InChI is InChI=1S/C30H40N6O5/c1-20-15-22(17-26-29(20)34-27(33-26)10-14-40-3)30(39)32-18-28(38)35-12-8-23(9-13-35)36(19-37)11-7-21-16-24(41-4)5-6-25(21)31-2/h5-6,15-17,19,23,31H,7-14,18H2,1-4H3,(H,32,39)(H,33,34). The molecule has 3 aromatic rings. The normalized spacial score (nSPS) is 13.7. The summed E-state index contributed by atoms with van der Waals surface area (Å²) in [4.78, 5) is 49.1. The van der Waals surface area contributed by atoms with Crippen molar-refractivity contribution in [1.82, 2.24) is 25.1 Å². The Morgan fingerprint density at radius 1 is 1.17 bits per heavy atom. The van der Waals surface area contributed by atoms with Crippen LogP contribution in [-0.2, 0) is 27.2 Å². The predicted octanol–water partition coefficient (Wildman–Crippen LogP) is 2.53. The first-order valence-electron chi connectivity index (χ1n) is 14.0. The van der Waals surface area contributed by atoms with Gasteiger partial charge in [0.15, 0.2) is 0 Å². The fraction of sp³-hybridized carbons (Fsp3) is 0.467. The van der Waals surface area contributed by atoms with Gasteiger partial charge in [0.2, 0.25) is 12.3 Å². The van der Waals surface area contributed by atoms with Gasteiger partial charge < -0.3 is 34.9 Å². The molecule has 0 bridgehead atoms. The summed E-state index contributed by atoms with van der Waals surface area (Å²) < 4.78 is 10.5. The van der Waals surface area contributed by atoms with E-state index in [2.05, 4.69) is 20.6 Å². The molecular weight excluding hydrogens is 524 g/mol. The van der Waals surface area contributed by atoms with E-state index >= 15 is 0 Å². The van der Waals surface area contributed by atoms with Crippen LogP contribution in [0.25, 0.3) is 11.0 Å². The molecular formula is C30H40N6O5. The predicted molar refractivity (Wildman–Crippen MR) is 157 cm³/mol. The average molecular weight is 565 g/mol. The topological polar surface area (TPSA) is 129 Å². The number of aromatic nitrogens is 2. The molecule has 2 aromatic carbocycles. The lowest BCUT2D eigenvalue weighted by atomic mass is 10.0. The van der Waals surface area contributed by atoms with Crippen LogP contribution in [0.3, 0.4) is 0 Å². The summed E-state index contributed by atoms with van der Waals surface area (Å²) in [7, 11) is 5.15. The molecule has 2 heterocycles. The number of hydrogen-bond donors (Lipinski definition) is 3. The number of rotatable bonds is 13. The summed E-state index contributed by atoms with van der Waals surface area (Å²) in [5.41, 5.74) is 5.04. The highest BCUT2D eigenvalue weighted by molar-refractivity contribution is 5.99. The Hall–Kier alpha value is -4.12. The van der Waals surface area contributed by atoms with Crippen molar-refractivity contribution in [3.63, 3.8) is 0 Å². The molecule has 0 atom stereocenters. The number of fused-ring (bicyclic) bond motifs is 1. The number of aromatic amines is 1. The zero-order chi connectivity index (χ0) is 29.4. The molecule has 41 heavy (non-hydrogen) atoms. The van der Waals surface area contributed by atoms with Gasteiger partial charge in [-0.2, -0.15) is 0 Å². The Morgan fingerprint density at radius 2 is 1.95 bits per heavy atom. The van der Waals surface area contributed by atoms with Crippen molar-refractivity contribution in [3.8, 4) is 5.75 Å². The lowest BCUT2D eigenvalue weighted by molar-refractivity contribution is -0.132. The number of likely N-dealkylation sites (tertiary alicyclic amines) is 1. The summed E-state index contributed by atoms with van der Waals surface area (Å²) in [6, 6.07) is 9.47. The molecule has 11 nitrogen and oxygen atoms in total. The van der Waals surface area contributed by atoms with Crippen LogP contribution in [0.1, 0.15) is 40.2 Å². The van der Waals surface area contributed by atoms with Gasteiger partial charge in [-0.1, -0.05) is 0 Å². The lowest BCUT2D eigenvalue weighted by Crippen LogP contribution is -2.49. The number of nitrogens with zero attached hydrogens (tertiary/aromatic N) is 3. The van der Waals surface area contributed by atoms with Gasteiger partial charge in [-0.3, -0.25) is 14.4 Å². The fourth-order valence-electron chi connectivity index (χ4n) is 5.33. The maximum atomic E-state index is 12.9. The minimum Gasteiger partial charge on any atom is -0.497 e. The summed E-state index contributed by atoms with van der Waals surface area (Å²) in [6.07, 6.45) is 3.63. The quantitative estimate of drug-likeness (QED) is 0.272. The molecule has 1 saturated heterocycles. The summed E-state index contributed by atoms with van der Waals surface area (Å²) in [6.45, 7) is 4.03.